The minimum atomic E-state index is -4.75. The number of carbonyl (C=O) groups excluding carboxylic acids is 2. The molecular formula is C41H74NO10P. The smallest absolute Gasteiger partial charge is 0.472 e. The zero-order valence-electron chi connectivity index (χ0n) is 33.1. The van der Waals surface area contributed by atoms with Crippen molar-refractivity contribution in [2.45, 2.75) is 187 Å². The highest BCUT2D eigenvalue weighted by molar-refractivity contribution is 7.47. The molecule has 0 rings (SSSR count). The first-order valence-electron chi connectivity index (χ1n) is 20.5. The van der Waals surface area contributed by atoms with Crippen LogP contribution in [0.4, 0.5) is 0 Å². The van der Waals surface area contributed by atoms with Gasteiger partial charge in [0.15, 0.2) is 6.04 Å². The Morgan fingerprint density at radius 3 is 1.58 bits per heavy atom. The van der Waals surface area contributed by atoms with E-state index in [-0.39, 0.29) is 12.8 Å². The highest BCUT2D eigenvalue weighted by Gasteiger charge is 2.28. The molecule has 0 aliphatic carbocycles. The van der Waals surface area contributed by atoms with Crippen LogP contribution in [-0.4, -0.2) is 64.9 Å². The normalized spacial score (nSPS) is 14.2. The SMILES string of the molecule is CCCCC/C=C\C/C=C\C/C=C\CCCCCCCCCCC(=O)OCC(O)COP(=O)(O)OCC(NC(=O)CCCCCCCCCC)C(=O)O. The number of esters is 1. The van der Waals surface area contributed by atoms with E-state index in [2.05, 4.69) is 55.6 Å². The molecule has 0 heterocycles. The van der Waals surface area contributed by atoms with Crippen LogP contribution in [0.15, 0.2) is 36.5 Å². The Bertz CT molecular complexity index is 1050. The molecule has 0 bridgehead atoms. The number of nitrogens with one attached hydrogen (secondary N) is 1. The van der Waals surface area contributed by atoms with Gasteiger partial charge in [0.25, 0.3) is 0 Å². The number of amides is 1. The number of hydrogen-bond acceptors (Lipinski definition) is 8. The van der Waals surface area contributed by atoms with E-state index in [0.717, 1.165) is 57.8 Å². The van der Waals surface area contributed by atoms with Gasteiger partial charge in [-0.3, -0.25) is 18.6 Å². The standard InChI is InChI=1S/C41H74NO10P/c1-3-5-7-9-11-13-14-15-16-17-18-19-20-21-22-23-24-25-27-29-31-33-40(45)50-34-37(43)35-51-53(48,49)52-36-38(41(46)47)42-39(44)32-30-28-26-12-10-8-6-4-2/h11,13,15-16,18-19,37-38,43H,3-10,12,14,17,20-36H2,1-2H3,(H,42,44)(H,46,47)(H,48,49)/b13-11-,16-15-,19-18-. The van der Waals surface area contributed by atoms with Crippen molar-refractivity contribution < 1.29 is 47.8 Å². The number of carbonyl (C=O) groups is 3. The number of rotatable bonds is 38. The van der Waals surface area contributed by atoms with Gasteiger partial charge in [0.1, 0.15) is 12.7 Å². The van der Waals surface area contributed by atoms with Gasteiger partial charge in [0, 0.05) is 12.8 Å². The zero-order valence-corrected chi connectivity index (χ0v) is 34.0. The second kappa shape index (κ2) is 36.7. The number of unbranched alkanes of at least 4 members (excludes halogenated alkanes) is 18. The predicted octanol–water partition coefficient (Wildman–Crippen LogP) is 10.1. The fraction of sp³-hybridized carbons (Fsp3) is 0.780. The van der Waals surface area contributed by atoms with Crippen LogP contribution >= 0.6 is 7.82 Å². The summed E-state index contributed by atoms with van der Waals surface area (Å²) in [6.07, 6.45) is 37.7. The molecule has 0 fully saturated rings. The van der Waals surface area contributed by atoms with Gasteiger partial charge in [0.05, 0.1) is 13.2 Å². The molecule has 3 unspecified atom stereocenters. The second-order valence-electron chi connectivity index (χ2n) is 13.8. The average Bonchev–Trinajstić information content (AvgIpc) is 3.13. The first-order valence-corrected chi connectivity index (χ1v) is 22.0. The minimum absolute atomic E-state index is 0.145. The largest absolute Gasteiger partial charge is 0.480 e. The Morgan fingerprint density at radius 1 is 0.604 bits per heavy atom. The molecule has 0 aromatic heterocycles. The molecule has 0 aliphatic rings. The summed E-state index contributed by atoms with van der Waals surface area (Å²) in [5.41, 5.74) is 0. The summed E-state index contributed by atoms with van der Waals surface area (Å²) in [7, 11) is -4.75. The van der Waals surface area contributed by atoms with Gasteiger partial charge in [-0.1, -0.05) is 147 Å². The summed E-state index contributed by atoms with van der Waals surface area (Å²) in [6, 6.07) is -1.54. The summed E-state index contributed by atoms with van der Waals surface area (Å²) in [5, 5.41) is 21.7. The minimum Gasteiger partial charge on any atom is -0.480 e. The van der Waals surface area contributed by atoms with Crippen LogP contribution in [0.3, 0.4) is 0 Å². The molecule has 11 nitrogen and oxygen atoms in total. The van der Waals surface area contributed by atoms with Crippen LogP contribution in [-0.2, 0) is 32.7 Å². The predicted molar refractivity (Wildman–Crippen MR) is 212 cm³/mol. The van der Waals surface area contributed by atoms with Crippen LogP contribution < -0.4 is 5.32 Å². The van der Waals surface area contributed by atoms with Gasteiger partial charge in [-0.05, 0) is 51.4 Å². The summed E-state index contributed by atoms with van der Waals surface area (Å²) in [4.78, 5) is 45.6. The maximum atomic E-state index is 12.2. The molecule has 0 aliphatic heterocycles. The molecule has 3 atom stereocenters. The molecule has 0 spiro atoms. The number of carboxylic acids is 1. The Kier molecular flexibility index (Phi) is 35.1. The van der Waals surface area contributed by atoms with Crippen LogP contribution in [0.5, 0.6) is 0 Å². The molecule has 53 heavy (non-hydrogen) atoms. The van der Waals surface area contributed by atoms with E-state index in [4.69, 9.17) is 13.8 Å². The third-order valence-corrected chi connectivity index (χ3v) is 9.63. The Hall–Kier alpha value is -2.30. The van der Waals surface area contributed by atoms with Crippen molar-refractivity contribution in [1.29, 1.82) is 0 Å². The summed E-state index contributed by atoms with van der Waals surface area (Å²) in [5.74, 6) is -2.39. The van der Waals surface area contributed by atoms with E-state index < -0.39 is 57.6 Å². The van der Waals surface area contributed by atoms with Crippen LogP contribution in [0, 0.1) is 0 Å². The van der Waals surface area contributed by atoms with Crippen LogP contribution in [0.2, 0.25) is 0 Å². The van der Waals surface area contributed by atoms with Crippen molar-refractivity contribution in [2.75, 3.05) is 19.8 Å². The number of phosphoric ester groups is 1. The number of allylic oxidation sites excluding steroid dienone is 6. The zero-order chi connectivity index (χ0) is 39.3. The summed E-state index contributed by atoms with van der Waals surface area (Å²) < 4.78 is 26.7. The number of ether oxygens (including phenoxy) is 1. The lowest BCUT2D eigenvalue weighted by atomic mass is 10.1. The van der Waals surface area contributed by atoms with E-state index in [9.17, 15) is 34.1 Å². The molecule has 12 heteroatoms. The lowest BCUT2D eigenvalue weighted by Crippen LogP contribution is -2.43. The van der Waals surface area contributed by atoms with Gasteiger partial charge in [-0.25, -0.2) is 9.36 Å². The molecule has 0 aromatic carbocycles. The Labute approximate surface area is 321 Å². The summed E-state index contributed by atoms with van der Waals surface area (Å²) >= 11 is 0. The highest BCUT2D eigenvalue weighted by atomic mass is 31.2. The molecule has 0 radical (unpaired) electrons. The van der Waals surface area contributed by atoms with Crippen molar-refractivity contribution in [3.05, 3.63) is 36.5 Å². The number of hydrogen-bond donors (Lipinski definition) is 4. The number of aliphatic carboxylic acids is 1. The second-order valence-corrected chi connectivity index (χ2v) is 15.3. The number of phosphoric acid groups is 1. The van der Waals surface area contributed by atoms with Gasteiger partial charge in [0.2, 0.25) is 5.91 Å². The lowest BCUT2D eigenvalue weighted by molar-refractivity contribution is -0.147. The van der Waals surface area contributed by atoms with Crippen molar-refractivity contribution in [1.82, 2.24) is 5.32 Å². The molecule has 1 amide bonds. The van der Waals surface area contributed by atoms with Gasteiger partial charge in [-0.15, -0.1) is 0 Å². The van der Waals surface area contributed by atoms with Gasteiger partial charge >= 0.3 is 19.8 Å². The van der Waals surface area contributed by atoms with Crippen LogP contribution in [0.25, 0.3) is 0 Å². The molecule has 0 aromatic rings. The van der Waals surface area contributed by atoms with E-state index in [1.165, 1.54) is 77.0 Å². The van der Waals surface area contributed by atoms with Crippen LogP contribution in [0.1, 0.15) is 174 Å². The maximum Gasteiger partial charge on any atom is 0.472 e. The van der Waals surface area contributed by atoms with Crippen molar-refractivity contribution >= 4 is 25.7 Å². The molecule has 4 N–H and O–H groups in total. The fourth-order valence-corrected chi connectivity index (χ4v) is 6.21. The third kappa shape index (κ3) is 36.4. The monoisotopic (exact) mass is 772 g/mol. The third-order valence-electron chi connectivity index (χ3n) is 8.68. The number of carboxylic acid groups (broad SMARTS) is 1. The first-order chi connectivity index (χ1) is 25.6. The first kappa shape index (κ1) is 50.7. The number of aliphatic hydroxyl groups excluding tert-OH is 1. The number of aliphatic hydroxyl groups is 1. The van der Waals surface area contributed by atoms with E-state index >= 15 is 0 Å². The molecular weight excluding hydrogens is 697 g/mol. The van der Waals surface area contributed by atoms with Crippen molar-refractivity contribution in [3.8, 4) is 0 Å². The average molecular weight is 772 g/mol. The van der Waals surface area contributed by atoms with E-state index in [1.54, 1.807) is 0 Å². The molecule has 0 saturated heterocycles. The maximum absolute atomic E-state index is 12.2. The van der Waals surface area contributed by atoms with Gasteiger partial charge < -0.3 is 25.2 Å². The van der Waals surface area contributed by atoms with Gasteiger partial charge in [-0.2, -0.15) is 0 Å². The Morgan fingerprint density at radius 2 is 1.04 bits per heavy atom. The van der Waals surface area contributed by atoms with Crippen molar-refractivity contribution in [2.24, 2.45) is 0 Å². The topological polar surface area (TPSA) is 169 Å². The van der Waals surface area contributed by atoms with E-state index in [0.29, 0.717) is 12.8 Å². The highest BCUT2D eigenvalue weighted by Crippen LogP contribution is 2.43. The van der Waals surface area contributed by atoms with Crippen molar-refractivity contribution in [3.63, 3.8) is 0 Å². The summed E-state index contributed by atoms with van der Waals surface area (Å²) in [6.45, 7) is 2.49. The van der Waals surface area contributed by atoms with E-state index in [1.807, 2.05) is 0 Å². The Balaban J connectivity index is 3.86. The fourth-order valence-electron chi connectivity index (χ4n) is 5.44. The molecule has 308 valence electrons. The quantitative estimate of drug-likeness (QED) is 0.0205. The lowest BCUT2D eigenvalue weighted by Gasteiger charge is -2.18. The molecule has 0 saturated carbocycles.